The van der Waals surface area contributed by atoms with E-state index in [1.54, 1.807) is 0 Å². The summed E-state index contributed by atoms with van der Waals surface area (Å²) in [7, 11) is 0. The average molecular weight is 453 g/mol. The molecule has 0 unspecified atom stereocenters. The minimum atomic E-state index is -0.778. The fourth-order valence-electron chi connectivity index (χ4n) is 3.98. The molecule has 0 fully saturated rings. The lowest BCUT2D eigenvalue weighted by Crippen LogP contribution is -2.24. The van der Waals surface area contributed by atoms with E-state index >= 15 is 0 Å². The number of benzene rings is 3. The summed E-state index contributed by atoms with van der Waals surface area (Å²) in [4.78, 5) is 35.3. The summed E-state index contributed by atoms with van der Waals surface area (Å²) in [6, 6.07) is 22.3. The Bertz CT molecular complexity index is 1590. The Morgan fingerprint density at radius 3 is 2.38 bits per heavy atom. The first kappa shape index (κ1) is 21.3. The van der Waals surface area contributed by atoms with Crippen LogP contribution >= 0.6 is 0 Å². The molecular weight excluding hydrogens is 433 g/mol. The van der Waals surface area contributed by atoms with Crippen molar-refractivity contribution in [1.29, 1.82) is 0 Å². The fraction of sp³-hybridized carbons (Fsp3) is 0.0769. The number of hydrogen-bond donors (Lipinski definition) is 1. The van der Waals surface area contributed by atoms with E-state index in [0.717, 1.165) is 11.1 Å². The molecule has 5 rings (SSSR count). The van der Waals surface area contributed by atoms with E-state index in [1.807, 2.05) is 61.5 Å². The van der Waals surface area contributed by atoms with E-state index in [-0.39, 0.29) is 29.2 Å². The van der Waals surface area contributed by atoms with Gasteiger partial charge in [0, 0.05) is 5.56 Å². The molecule has 0 aliphatic heterocycles. The SMILES string of the molecule is Cc1cccc(-c2nc(C(N)=O)c3c(n2)n(-c2ccc(F)cc2)c(=O)n3Cc2ccccc2)c1. The number of aryl methyl sites for hydroxylation is 1. The van der Waals surface area contributed by atoms with E-state index < -0.39 is 17.4 Å². The standard InChI is InChI=1S/C26H20FN5O2/c1-16-6-5-9-18(14-16)24-29-21(23(28)33)22-25(30-24)32(20-12-10-19(27)11-13-20)26(34)31(22)15-17-7-3-2-4-8-17/h2-14H,15H2,1H3,(H2,28,33). The van der Waals surface area contributed by atoms with Crippen LogP contribution in [0.15, 0.2) is 83.7 Å². The third-order valence-corrected chi connectivity index (χ3v) is 5.55. The summed E-state index contributed by atoms with van der Waals surface area (Å²) < 4.78 is 16.4. The van der Waals surface area contributed by atoms with Crippen molar-refractivity contribution < 1.29 is 9.18 Å². The van der Waals surface area contributed by atoms with Gasteiger partial charge < -0.3 is 5.73 Å². The highest BCUT2D eigenvalue weighted by Crippen LogP contribution is 2.25. The first-order valence-electron chi connectivity index (χ1n) is 10.6. The molecule has 34 heavy (non-hydrogen) atoms. The molecule has 0 spiro atoms. The molecule has 0 atom stereocenters. The molecule has 1 amide bonds. The molecule has 0 radical (unpaired) electrons. The van der Waals surface area contributed by atoms with E-state index in [9.17, 15) is 14.0 Å². The van der Waals surface area contributed by atoms with Crippen LogP contribution in [0, 0.1) is 12.7 Å². The lowest BCUT2D eigenvalue weighted by molar-refractivity contribution is 0.0997. The second-order valence-electron chi connectivity index (χ2n) is 7.97. The van der Waals surface area contributed by atoms with E-state index in [4.69, 9.17) is 5.73 Å². The van der Waals surface area contributed by atoms with Gasteiger partial charge in [0.05, 0.1) is 12.2 Å². The summed E-state index contributed by atoms with van der Waals surface area (Å²) in [6.45, 7) is 2.11. The molecule has 2 aromatic heterocycles. The molecular formula is C26H20FN5O2. The highest BCUT2D eigenvalue weighted by molar-refractivity contribution is 6.02. The third kappa shape index (κ3) is 3.75. The van der Waals surface area contributed by atoms with Crippen molar-refractivity contribution in [1.82, 2.24) is 19.1 Å². The van der Waals surface area contributed by atoms with Gasteiger partial charge in [-0.3, -0.25) is 9.36 Å². The predicted octanol–water partition coefficient (Wildman–Crippen LogP) is 3.84. The van der Waals surface area contributed by atoms with Crippen LogP contribution in [-0.2, 0) is 6.54 Å². The average Bonchev–Trinajstić information content (AvgIpc) is 3.11. The van der Waals surface area contributed by atoms with Crippen LogP contribution in [0.1, 0.15) is 21.6 Å². The minimum absolute atomic E-state index is 0.0598. The highest BCUT2D eigenvalue weighted by atomic mass is 19.1. The molecule has 168 valence electrons. The van der Waals surface area contributed by atoms with Crippen LogP contribution in [-0.4, -0.2) is 25.0 Å². The van der Waals surface area contributed by atoms with Gasteiger partial charge in [0.1, 0.15) is 11.3 Å². The van der Waals surface area contributed by atoms with E-state index in [2.05, 4.69) is 9.97 Å². The smallest absolute Gasteiger partial charge is 0.335 e. The molecule has 7 nitrogen and oxygen atoms in total. The van der Waals surface area contributed by atoms with Gasteiger partial charge in [-0.25, -0.2) is 23.7 Å². The number of nitrogens with zero attached hydrogens (tertiary/aromatic N) is 4. The number of aromatic nitrogens is 4. The number of halogens is 1. The van der Waals surface area contributed by atoms with E-state index in [0.29, 0.717) is 11.3 Å². The minimum Gasteiger partial charge on any atom is -0.364 e. The number of rotatable bonds is 5. The maximum Gasteiger partial charge on any atom is 0.335 e. The van der Waals surface area contributed by atoms with Gasteiger partial charge in [0.2, 0.25) is 0 Å². The number of carbonyl (C=O) groups is 1. The van der Waals surface area contributed by atoms with Crippen LogP contribution in [0.4, 0.5) is 4.39 Å². The lowest BCUT2D eigenvalue weighted by Gasteiger charge is -2.08. The van der Waals surface area contributed by atoms with Crippen molar-refractivity contribution in [3.63, 3.8) is 0 Å². The quantitative estimate of drug-likeness (QED) is 0.437. The third-order valence-electron chi connectivity index (χ3n) is 5.55. The van der Waals surface area contributed by atoms with Crippen molar-refractivity contribution in [2.24, 2.45) is 5.73 Å². The van der Waals surface area contributed by atoms with Gasteiger partial charge in [0.15, 0.2) is 17.2 Å². The van der Waals surface area contributed by atoms with E-state index in [1.165, 1.54) is 33.4 Å². The molecule has 8 heteroatoms. The maximum absolute atomic E-state index is 13.7. The lowest BCUT2D eigenvalue weighted by atomic mass is 10.1. The molecule has 0 bridgehead atoms. The molecule has 3 aromatic carbocycles. The monoisotopic (exact) mass is 453 g/mol. The fourth-order valence-corrected chi connectivity index (χ4v) is 3.98. The number of carbonyl (C=O) groups excluding carboxylic acids is 1. The Labute approximate surface area is 193 Å². The number of amides is 1. The molecule has 2 heterocycles. The maximum atomic E-state index is 13.7. The summed E-state index contributed by atoms with van der Waals surface area (Å²) in [5, 5.41) is 0. The Kier molecular flexibility index (Phi) is 5.25. The van der Waals surface area contributed by atoms with Gasteiger partial charge in [-0.05, 0) is 42.8 Å². The molecule has 5 aromatic rings. The van der Waals surface area contributed by atoms with Crippen LogP contribution in [0.3, 0.4) is 0 Å². The molecule has 0 aliphatic rings. The van der Waals surface area contributed by atoms with Gasteiger partial charge in [-0.1, -0.05) is 54.1 Å². The molecule has 0 saturated carbocycles. The Balaban J connectivity index is 1.86. The predicted molar refractivity (Wildman–Crippen MR) is 127 cm³/mol. The normalized spacial score (nSPS) is 11.1. The van der Waals surface area contributed by atoms with Gasteiger partial charge >= 0.3 is 5.69 Å². The number of fused-ring (bicyclic) bond motifs is 1. The van der Waals surface area contributed by atoms with Crippen molar-refractivity contribution >= 4 is 17.1 Å². The van der Waals surface area contributed by atoms with Crippen molar-refractivity contribution in [2.45, 2.75) is 13.5 Å². The zero-order valence-corrected chi connectivity index (χ0v) is 18.3. The molecule has 2 N–H and O–H groups in total. The van der Waals surface area contributed by atoms with Gasteiger partial charge in [-0.2, -0.15) is 0 Å². The van der Waals surface area contributed by atoms with Gasteiger partial charge in [-0.15, -0.1) is 0 Å². The van der Waals surface area contributed by atoms with Crippen LogP contribution in [0.25, 0.3) is 28.2 Å². The number of nitrogens with two attached hydrogens (primary N) is 1. The number of primary amides is 1. The molecule has 0 aliphatic carbocycles. The van der Waals surface area contributed by atoms with Crippen molar-refractivity contribution in [3.05, 3.63) is 112 Å². The van der Waals surface area contributed by atoms with Crippen LogP contribution in [0.5, 0.6) is 0 Å². The zero-order chi connectivity index (χ0) is 23.8. The second-order valence-corrected chi connectivity index (χ2v) is 7.97. The Morgan fingerprint density at radius 1 is 0.971 bits per heavy atom. The first-order valence-corrected chi connectivity index (χ1v) is 10.6. The van der Waals surface area contributed by atoms with Crippen LogP contribution in [0.2, 0.25) is 0 Å². The number of hydrogen-bond acceptors (Lipinski definition) is 4. The Morgan fingerprint density at radius 2 is 1.71 bits per heavy atom. The van der Waals surface area contributed by atoms with Gasteiger partial charge in [0.25, 0.3) is 5.91 Å². The summed E-state index contributed by atoms with van der Waals surface area (Å²) in [6.07, 6.45) is 0. The molecule has 0 saturated heterocycles. The zero-order valence-electron chi connectivity index (χ0n) is 18.3. The summed E-state index contributed by atoms with van der Waals surface area (Å²) in [5.74, 6) is -0.949. The number of imidazole rings is 1. The highest BCUT2D eigenvalue weighted by Gasteiger charge is 2.24. The summed E-state index contributed by atoms with van der Waals surface area (Å²) >= 11 is 0. The van der Waals surface area contributed by atoms with Crippen molar-refractivity contribution in [2.75, 3.05) is 0 Å². The Hall–Kier alpha value is -4.59. The first-order chi connectivity index (χ1) is 16.4. The summed E-state index contributed by atoms with van der Waals surface area (Å²) in [5.41, 5.74) is 8.59. The topological polar surface area (TPSA) is 95.8 Å². The second kappa shape index (κ2) is 8.40. The largest absolute Gasteiger partial charge is 0.364 e. The van der Waals surface area contributed by atoms with Crippen molar-refractivity contribution in [3.8, 4) is 17.1 Å². The van der Waals surface area contributed by atoms with Crippen LogP contribution < -0.4 is 11.4 Å².